The summed E-state index contributed by atoms with van der Waals surface area (Å²) in [5, 5.41) is 16.7. The molecule has 1 rings (SSSR count). The zero-order valence-electron chi connectivity index (χ0n) is 13.1. The Balaban J connectivity index is 2.44. The number of rotatable bonds is 10. The van der Waals surface area contributed by atoms with Gasteiger partial charge in [0.1, 0.15) is 6.04 Å². The lowest BCUT2D eigenvalue weighted by atomic mass is 10.3. The van der Waals surface area contributed by atoms with Crippen molar-refractivity contribution < 1.29 is 13.9 Å². The third kappa shape index (κ3) is 6.09. The first-order valence-corrected chi connectivity index (χ1v) is 7.18. The molecule has 8 nitrogen and oxygen atoms in total. The van der Waals surface area contributed by atoms with Crippen molar-refractivity contribution in [2.45, 2.75) is 39.3 Å². The molecule has 21 heavy (non-hydrogen) atoms. The topological polar surface area (TPSA) is 101 Å². The van der Waals surface area contributed by atoms with Crippen molar-refractivity contribution in [3.8, 4) is 0 Å². The lowest BCUT2D eigenvalue weighted by molar-refractivity contribution is -0.121. The van der Waals surface area contributed by atoms with Crippen LogP contribution in [0.4, 0.5) is 6.01 Å². The van der Waals surface area contributed by atoms with Crippen molar-refractivity contribution in [1.82, 2.24) is 20.8 Å². The molecule has 1 heterocycles. The van der Waals surface area contributed by atoms with Gasteiger partial charge in [-0.05, 0) is 26.8 Å². The number of ether oxygens (including phenoxy) is 1. The Morgan fingerprint density at radius 1 is 1.33 bits per heavy atom. The molecule has 1 aromatic heterocycles. The molecule has 8 heteroatoms. The second kappa shape index (κ2) is 9.30. The summed E-state index contributed by atoms with van der Waals surface area (Å²) in [6.45, 7) is 7.59. The molecule has 3 N–H and O–H groups in total. The van der Waals surface area contributed by atoms with Crippen LogP contribution in [0.2, 0.25) is 0 Å². The van der Waals surface area contributed by atoms with Crippen LogP contribution in [-0.2, 0) is 9.53 Å². The molecule has 0 saturated heterocycles. The average molecular weight is 299 g/mol. The Kier molecular flexibility index (Phi) is 7.70. The summed E-state index contributed by atoms with van der Waals surface area (Å²) in [6.07, 6.45) is 1.03. The van der Waals surface area contributed by atoms with Gasteiger partial charge in [0.15, 0.2) is 0 Å². The highest BCUT2D eigenvalue weighted by Crippen LogP contribution is 2.14. The van der Waals surface area contributed by atoms with Crippen LogP contribution in [0.3, 0.4) is 0 Å². The lowest BCUT2D eigenvalue weighted by Crippen LogP contribution is -2.39. The molecule has 1 aromatic rings. The van der Waals surface area contributed by atoms with Crippen LogP contribution in [0.25, 0.3) is 0 Å². The summed E-state index contributed by atoms with van der Waals surface area (Å²) in [5.74, 6) is 0.349. The van der Waals surface area contributed by atoms with Gasteiger partial charge < -0.3 is 25.1 Å². The van der Waals surface area contributed by atoms with Gasteiger partial charge >= 0.3 is 6.01 Å². The third-order valence-corrected chi connectivity index (χ3v) is 2.85. The van der Waals surface area contributed by atoms with E-state index < -0.39 is 6.04 Å². The Labute approximate surface area is 125 Å². The van der Waals surface area contributed by atoms with Crippen LogP contribution in [0.5, 0.6) is 0 Å². The van der Waals surface area contributed by atoms with Gasteiger partial charge in [-0.3, -0.25) is 4.79 Å². The number of carbonyl (C=O) groups excluding carboxylic acids is 1. The van der Waals surface area contributed by atoms with Gasteiger partial charge in [-0.25, -0.2) is 0 Å². The lowest BCUT2D eigenvalue weighted by Gasteiger charge is -2.12. The predicted octanol–water partition coefficient (Wildman–Crippen LogP) is 0.693. The summed E-state index contributed by atoms with van der Waals surface area (Å²) in [6, 6.07) is -0.238. The van der Waals surface area contributed by atoms with Crippen molar-refractivity contribution >= 4 is 11.9 Å². The zero-order valence-corrected chi connectivity index (χ0v) is 13.1. The van der Waals surface area contributed by atoms with E-state index in [1.807, 2.05) is 6.92 Å². The van der Waals surface area contributed by atoms with Crippen molar-refractivity contribution in [2.75, 3.05) is 32.1 Å². The highest BCUT2D eigenvalue weighted by atomic mass is 16.5. The second-order valence-electron chi connectivity index (χ2n) is 4.77. The third-order valence-electron chi connectivity index (χ3n) is 2.85. The average Bonchev–Trinajstić information content (AvgIpc) is 2.93. The van der Waals surface area contributed by atoms with Crippen LogP contribution < -0.4 is 16.0 Å². The number of aromatic nitrogens is 2. The molecule has 120 valence electrons. The summed E-state index contributed by atoms with van der Waals surface area (Å²) < 4.78 is 10.4. The van der Waals surface area contributed by atoms with E-state index in [9.17, 15) is 4.79 Å². The number of methoxy groups -OCH3 is 1. The van der Waals surface area contributed by atoms with Gasteiger partial charge in [0, 0.05) is 13.7 Å². The molecule has 0 aliphatic carbocycles. The van der Waals surface area contributed by atoms with E-state index in [1.165, 1.54) is 0 Å². The largest absolute Gasteiger partial charge is 0.406 e. The van der Waals surface area contributed by atoms with Crippen LogP contribution in [0, 0.1) is 0 Å². The van der Waals surface area contributed by atoms with Gasteiger partial charge in [0.2, 0.25) is 11.8 Å². The molecular weight excluding hydrogens is 274 g/mol. The fraction of sp³-hybridized carbons (Fsp3) is 0.769. The highest BCUT2D eigenvalue weighted by molar-refractivity contribution is 5.83. The Hall–Kier alpha value is -1.67. The van der Waals surface area contributed by atoms with Gasteiger partial charge in [0.25, 0.3) is 0 Å². The molecule has 1 amide bonds. The normalized spacial score (nSPS) is 13.7. The van der Waals surface area contributed by atoms with E-state index in [0.717, 1.165) is 13.0 Å². The fourth-order valence-corrected chi connectivity index (χ4v) is 1.60. The number of nitrogens with zero attached hydrogens (tertiary/aromatic N) is 2. The van der Waals surface area contributed by atoms with Gasteiger partial charge in [-0.1, -0.05) is 12.0 Å². The molecule has 0 radical (unpaired) electrons. The van der Waals surface area contributed by atoms with E-state index in [2.05, 4.69) is 33.1 Å². The molecule has 2 unspecified atom stereocenters. The zero-order chi connectivity index (χ0) is 15.7. The molecule has 0 spiro atoms. The van der Waals surface area contributed by atoms with Crippen molar-refractivity contribution in [2.24, 2.45) is 0 Å². The highest BCUT2D eigenvalue weighted by Gasteiger charge is 2.17. The van der Waals surface area contributed by atoms with Crippen LogP contribution in [0.1, 0.15) is 39.1 Å². The maximum absolute atomic E-state index is 11.8. The summed E-state index contributed by atoms with van der Waals surface area (Å²) in [7, 11) is 1.58. The summed E-state index contributed by atoms with van der Waals surface area (Å²) in [4.78, 5) is 11.8. The van der Waals surface area contributed by atoms with E-state index in [1.54, 1.807) is 14.0 Å². The van der Waals surface area contributed by atoms with E-state index in [0.29, 0.717) is 19.0 Å². The second-order valence-corrected chi connectivity index (χ2v) is 4.77. The van der Waals surface area contributed by atoms with E-state index in [-0.39, 0.29) is 18.0 Å². The molecule has 0 saturated carbocycles. The SMILES string of the molecule is CCCNC(C)c1nnc(NC(C)C(=O)NCCOC)o1. The maximum atomic E-state index is 11.8. The van der Waals surface area contributed by atoms with Gasteiger partial charge in [-0.2, -0.15) is 0 Å². The molecule has 0 aromatic carbocycles. The molecule has 0 aliphatic heterocycles. The molecular formula is C13H25N5O3. The van der Waals surface area contributed by atoms with Crippen molar-refractivity contribution in [1.29, 1.82) is 0 Å². The van der Waals surface area contributed by atoms with Crippen molar-refractivity contribution in [3.63, 3.8) is 0 Å². The number of nitrogens with one attached hydrogen (secondary N) is 3. The Morgan fingerprint density at radius 2 is 2.10 bits per heavy atom. The number of hydrogen-bond donors (Lipinski definition) is 3. The molecule has 2 atom stereocenters. The first-order valence-electron chi connectivity index (χ1n) is 7.18. The molecule has 0 bridgehead atoms. The molecule has 0 aliphatic rings. The standard InChI is InChI=1S/C13H25N5O3/c1-5-6-14-10(3)12-17-18-13(21-12)16-9(2)11(19)15-7-8-20-4/h9-10,14H,5-8H2,1-4H3,(H,15,19)(H,16,18). The van der Waals surface area contributed by atoms with E-state index in [4.69, 9.17) is 9.15 Å². The van der Waals surface area contributed by atoms with Crippen molar-refractivity contribution in [3.05, 3.63) is 5.89 Å². The Morgan fingerprint density at radius 3 is 2.76 bits per heavy atom. The van der Waals surface area contributed by atoms with Crippen LogP contribution in [0.15, 0.2) is 4.42 Å². The first kappa shape index (κ1) is 17.4. The van der Waals surface area contributed by atoms with Crippen LogP contribution >= 0.6 is 0 Å². The van der Waals surface area contributed by atoms with Crippen LogP contribution in [-0.4, -0.2) is 49.0 Å². The minimum absolute atomic E-state index is 0.0150. The summed E-state index contributed by atoms with van der Waals surface area (Å²) >= 11 is 0. The predicted molar refractivity (Wildman–Crippen MR) is 79.0 cm³/mol. The number of hydrogen-bond acceptors (Lipinski definition) is 7. The van der Waals surface area contributed by atoms with Gasteiger partial charge in [-0.15, -0.1) is 5.10 Å². The van der Waals surface area contributed by atoms with E-state index >= 15 is 0 Å². The first-order chi connectivity index (χ1) is 10.1. The minimum Gasteiger partial charge on any atom is -0.406 e. The summed E-state index contributed by atoms with van der Waals surface area (Å²) in [5.41, 5.74) is 0. The number of anilines is 1. The number of carbonyl (C=O) groups is 1. The maximum Gasteiger partial charge on any atom is 0.316 e. The Bertz CT molecular complexity index is 424. The monoisotopic (exact) mass is 299 g/mol. The minimum atomic E-state index is -0.464. The molecule has 0 fully saturated rings. The number of amides is 1. The quantitative estimate of drug-likeness (QED) is 0.546. The fourth-order valence-electron chi connectivity index (χ4n) is 1.60. The van der Waals surface area contributed by atoms with Gasteiger partial charge in [0.05, 0.1) is 12.6 Å². The smallest absolute Gasteiger partial charge is 0.316 e.